The Morgan fingerprint density at radius 1 is 1.52 bits per heavy atom. The molecule has 0 radical (unpaired) electrons. The molecular formula is C15H23N3O3. The second-order valence-electron chi connectivity index (χ2n) is 5.49. The normalized spacial score (nSPS) is 20.4. The van der Waals surface area contributed by atoms with E-state index < -0.39 is 0 Å². The molecule has 0 aliphatic carbocycles. The molecule has 0 saturated carbocycles. The van der Waals surface area contributed by atoms with Gasteiger partial charge >= 0.3 is 5.97 Å². The lowest BCUT2D eigenvalue weighted by Gasteiger charge is -2.28. The number of hydrogen-bond acceptors (Lipinski definition) is 5. The van der Waals surface area contributed by atoms with Crippen LogP contribution in [0.3, 0.4) is 0 Å². The molecule has 2 heterocycles. The first-order valence-electron chi connectivity index (χ1n) is 7.47. The van der Waals surface area contributed by atoms with Gasteiger partial charge in [0.1, 0.15) is 6.04 Å². The highest BCUT2D eigenvalue weighted by molar-refractivity contribution is 5.96. The van der Waals surface area contributed by atoms with Crippen LogP contribution in [0.1, 0.15) is 43.5 Å². The second-order valence-corrected chi connectivity index (χ2v) is 5.49. The van der Waals surface area contributed by atoms with E-state index in [4.69, 9.17) is 4.74 Å². The molecule has 0 aromatic carbocycles. The third-order valence-corrected chi connectivity index (χ3v) is 4.00. The van der Waals surface area contributed by atoms with E-state index in [2.05, 4.69) is 10.00 Å². The Hall–Kier alpha value is -1.69. The number of nitrogens with zero attached hydrogens (tertiary/aromatic N) is 3. The number of ketones is 1. The summed E-state index contributed by atoms with van der Waals surface area (Å²) in [6, 6.07) is -0.184. The van der Waals surface area contributed by atoms with Crippen molar-refractivity contribution < 1.29 is 14.3 Å². The molecule has 0 N–H and O–H groups in total. The first-order valence-corrected chi connectivity index (χ1v) is 7.47. The molecule has 6 nitrogen and oxygen atoms in total. The predicted octanol–water partition coefficient (Wildman–Crippen LogP) is 1.41. The number of Topliss-reactive ketones (excluding diaryl/α,β-unsaturated/α-hetero) is 1. The molecule has 0 unspecified atom stereocenters. The molecule has 0 bridgehead atoms. The number of hydrogen-bond donors (Lipinski definition) is 0. The Morgan fingerprint density at radius 3 is 2.90 bits per heavy atom. The molecule has 1 aromatic heterocycles. The lowest BCUT2D eigenvalue weighted by Crippen LogP contribution is -2.43. The van der Waals surface area contributed by atoms with Gasteiger partial charge in [-0.05, 0) is 33.2 Å². The summed E-state index contributed by atoms with van der Waals surface area (Å²) >= 11 is 0. The molecule has 6 heteroatoms. The van der Waals surface area contributed by atoms with Crippen molar-refractivity contribution in [3.63, 3.8) is 0 Å². The van der Waals surface area contributed by atoms with E-state index in [0.29, 0.717) is 18.6 Å². The molecule has 1 aromatic rings. The molecule has 2 atom stereocenters. The maximum atomic E-state index is 12.3. The fourth-order valence-electron chi connectivity index (χ4n) is 2.88. The topological polar surface area (TPSA) is 64.4 Å². The van der Waals surface area contributed by atoms with Crippen molar-refractivity contribution in [1.29, 1.82) is 0 Å². The van der Waals surface area contributed by atoms with Gasteiger partial charge in [0.05, 0.1) is 18.4 Å². The van der Waals surface area contributed by atoms with Crippen LogP contribution in [0.25, 0.3) is 0 Å². The van der Waals surface area contributed by atoms with Crippen LogP contribution in [0, 0.1) is 0 Å². The van der Waals surface area contributed by atoms with Crippen LogP contribution in [0.5, 0.6) is 0 Å². The lowest BCUT2D eigenvalue weighted by atomic mass is 10.0. The van der Waals surface area contributed by atoms with E-state index in [1.807, 2.05) is 6.92 Å². The minimum atomic E-state index is -0.292. The number of carbonyl (C=O) groups excluding carboxylic acids is 2. The number of ether oxygens (including phenoxy) is 1. The predicted molar refractivity (Wildman–Crippen MR) is 78.0 cm³/mol. The quantitative estimate of drug-likeness (QED) is 0.586. The van der Waals surface area contributed by atoms with E-state index >= 15 is 0 Å². The minimum absolute atomic E-state index is 0.0797. The highest BCUT2D eigenvalue weighted by Gasteiger charge is 2.34. The molecule has 1 aliphatic rings. The smallest absolute Gasteiger partial charge is 0.323 e. The van der Waals surface area contributed by atoms with Gasteiger partial charge in [0.2, 0.25) is 0 Å². The molecule has 1 fully saturated rings. The molecule has 0 spiro atoms. The van der Waals surface area contributed by atoms with E-state index in [0.717, 1.165) is 19.4 Å². The monoisotopic (exact) mass is 293 g/mol. The van der Waals surface area contributed by atoms with Gasteiger partial charge in [0.15, 0.2) is 5.78 Å². The fourth-order valence-corrected chi connectivity index (χ4v) is 2.88. The Morgan fingerprint density at radius 2 is 2.29 bits per heavy atom. The van der Waals surface area contributed by atoms with Gasteiger partial charge in [-0.3, -0.25) is 19.2 Å². The van der Waals surface area contributed by atoms with Gasteiger partial charge in [-0.2, -0.15) is 5.10 Å². The van der Waals surface area contributed by atoms with Gasteiger partial charge in [0, 0.05) is 25.7 Å². The Kier molecular flexibility index (Phi) is 5.12. The van der Waals surface area contributed by atoms with Crippen LogP contribution in [0.2, 0.25) is 0 Å². The van der Waals surface area contributed by atoms with Crippen LogP contribution >= 0.6 is 0 Å². The largest absolute Gasteiger partial charge is 0.465 e. The summed E-state index contributed by atoms with van der Waals surface area (Å²) in [5.41, 5.74) is 0.633. The van der Waals surface area contributed by atoms with Gasteiger partial charge in [-0.25, -0.2) is 0 Å². The summed E-state index contributed by atoms with van der Waals surface area (Å²) in [5, 5.41) is 4.03. The van der Waals surface area contributed by atoms with Crippen LogP contribution in [-0.2, 0) is 16.6 Å². The van der Waals surface area contributed by atoms with Crippen molar-refractivity contribution in [2.24, 2.45) is 7.05 Å². The number of likely N-dealkylation sites (tertiary alicyclic amines) is 1. The first kappa shape index (κ1) is 15.7. The van der Waals surface area contributed by atoms with Crippen molar-refractivity contribution in [1.82, 2.24) is 14.7 Å². The van der Waals surface area contributed by atoms with E-state index in [1.54, 1.807) is 31.0 Å². The van der Waals surface area contributed by atoms with Gasteiger partial charge in [-0.15, -0.1) is 0 Å². The highest BCUT2D eigenvalue weighted by atomic mass is 16.5. The molecule has 21 heavy (non-hydrogen) atoms. The number of aryl methyl sites for hydroxylation is 1. The van der Waals surface area contributed by atoms with Gasteiger partial charge in [-0.1, -0.05) is 0 Å². The zero-order valence-corrected chi connectivity index (χ0v) is 12.9. The molecular weight excluding hydrogens is 270 g/mol. The van der Waals surface area contributed by atoms with Crippen LogP contribution in [-0.4, -0.2) is 51.7 Å². The third-order valence-electron chi connectivity index (χ3n) is 4.00. The SMILES string of the molecule is CCOC(=O)[C@H](C)N1CCC[C@H]1CC(=O)c1cnn(C)c1. The molecule has 0 amide bonds. The summed E-state index contributed by atoms with van der Waals surface area (Å²) in [6.45, 7) is 4.88. The number of esters is 1. The molecule has 116 valence electrons. The maximum absolute atomic E-state index is 12.3. The standard InChI is InChI=1S/C15H23N3O3/c1-4-21-15(20)11(2)18-7-5-6-13(18)8-14(19)12-9-16-17(3)10-12/h9-11,13H,4-8H2,1-3H3/t11-,13-/m0/s1. The van der Waals surface area contributed by atoms with Crippen molar-refractivity contribution in [2.75, 3.05) is 13.2 Å². The lowest BCUT2D eigenvalue weighted by molar-refractivity contribution is -0.149. The average Bonchev–Trinajstić information content (AvgIpc) is 3.07. The summed E-state index contributed by atoms with van der Waals surface area (Å²) < 4.78 is 6.70. The molecule has 1 aliphatic heterocycles. The zero-order chi connectivity index (χ0) is 15.4. The molecule has 2 rings (SSSR count). The second kappa shape index (κ2) is 6.85. The third kappa shape index (κ3) is 3.69. The summed E-state index contributed by atoms with van der Waals surface area (Å²) in [6.07, 6.45) is 5.70. The van der Waals surface area contributed by atoms with E-state index in [9.17, 15) is 9.59 Å². The Balaban J connectivity index is 1.98. The van der Waals surface area contributed by atoms with Crippen molar-refractivity contribution >= 4 is 11.8 Å². The fraction of sp³-hybridized carbons (Fsp3) is 0.667. The van der Waals surface area contributed by atoms with Crippen LogP contribution in [0.4, 0.5) is 0 Å². The summed E-state index contributed by atoms with van der Waals surface area (Å²) in [5.74, 6) is -0.130. The van der Waals surface area contributed by atoms with E-state index in [1.165, 1.54) is 0 Å². The number of rotatable bonds is 6. The number of carbonyl (C=O) groups is 2. The van der Waals surface area contributed by atoms with Crippen molar-refractivity contribution in [3.8, 4) is 0 Å². The van der Waals surface area contributed by atoms with Crippen LogP contribution in [0.15, 0.2) is 12.4 Å². The highest BCUT2D eigenvalue weighted by Crippen LogP contribution is 2.24. The molecule has 1 saturated heterocycles. The van der Waals surface area contributed by atoms with Gasteiger partial charge < -0.3 is 4.74 Å². The van der Waals surface area contributed by atoms with Crippen LogP contribution < -0.4 is 0 Å². The van der Waals surface area contributed by atoms with Crippen molar-refractivity contribution in [3.05, 3.63) is 18.0 Å². The Labute approximate surface area is 125 Å². The van der Waals surface area contributed by atoms with Gasteiger partial charge in [0.25, 0.3) is 0 Å². The van der Waals surface area contributed by atoms with Crippen molar-refractivity contribution in [2.45, 2.75) is 45.2 Å². The summed E-state index contributed by atoms with van der Waals surface area (Å²) in [7, 11) is 1.79. The average molecular weight is 293 g/mol. The first-order chi connectivity index (χ1) is 10.0. The summed E-state index contributed by atoms with van der Waals surface area (Å²) in [4.78, 5) is 26.2. The van der Waals surface area contributed by atoms with E-state index in [-0.39, 0.29) is 23.8 Å². The zero-order valence-electron chi connectivity index (χ0n) is 12.9. The minimum Gasteiger partial charge on any atom is -0.465 e. The number of aromatic nitrogens is 2. The Bertz CT molecular complexity index is 512. The maximum Gasteiger partial charge on any atom is 0.323 e.